The van der Waals surface area contributed by atoms with Crippen molar-refractivity contribution in [2.24, 2.45) is 0 Å². The van der Waals surface area contributed by atoms with Crippen LogP contribution in [0, 0.1) is 0 Å². The van der Waals surface area contributed by atoms with E-state index in [1.165, 1.54) is 0 Å². The second-order valence-corrected chi connectivity index (χ2v) is 7.07. The standard InChI is InChI=1S/C8H18N2O12P2/c11-3-9-1-5(22-24(17,18)19)10-8-7(13)6(12)4(21-8)2-20-23(14,15)16/h3-8,10,12-13H,1-2H2,(H,9,11)(H2,14,15,16)(H2,17,18,19)/t4-,5?,6-,7-,8-/m1/s1. The summed E-state index contributed by atoms with van der Waals surface area (Å²) in [6.07, 6.45) is -7.26. The van der Waals surface area contributed by atoms with Crippen LogP contribution in [0.3, 0.4) is 0 Å². The molecule has 1 rings (SSSR count). The number of nitrogens with one attached hydrogen (secondary N) is 2. The fourth-order valence-corrected chi connectivity index (χ4v) is 2.63. The lowest BCUT2D eigenvalue weighted by atomic mass is 10.1. The fraction of sp³-hybridized carbons (Fsp3) is 0.875. The maximum Gasteiger partial charge on any atom is 0.471 e. The van der Waals surface area contributed by atoms with E-state index in [2.05, 4.69) is 19.7 Å². The lowest BCUT2D eigenvalue weighted by molar-refractivity contribution is -0.110. The first-order valence-corrected chi connectivity index (χ1v) is 9.37. The van der Waals surface area contributed by atoms with Crippen LogP contribution < -0.4 is 10.6 Å². The highest BCUT2D eigenvalue weighted by atomic mass is 31.2. The molecule has 1 heterocycles. The van der Waals surface area contributed by atoms with Crippen molar-refractivity contribution in [1.82, 2.24) is 10.6 Å². The van der Waals surface area contributed by atoms with Crippen molar-refractivity contribution in [3.63, 3.8) is 0 Å². The van der Waals surface area contributed by atoms with Crippen molar-refractivity contribution < 1.29 is 57.5 Å². The first kappa shape index (κ1) is 21.6. The van der Waals surface area contributed by atoms with Gasteiger partial charge in [-0.2, -0.15) is 0 Å². The number of rotatable bonds is 10. The van der Waals surface area contributed by atoms with Gasteiger partial charge in [-0.05, 0) is 0 Å². The highest BCUT2D eigenvalue weighted by molar-refractivity contribution is 7.46. The molecule has 1 amide bonds. The van der Waals surface area contributed by atoms with E-state index < -0.39 is 59.6 Å². The van der Waals surface area contributed by atoms with Crippen molar-refractivity contribution in [3.05, 3.63) is 0 Å². The maximum absolute atomic E-state index is 10.9. The van der Waals surface area contributed by atoms with Crippen molar-refractivity contribution in [3.8, 4) is 0 Å². The Hall–Kier alpha value is -0.470. The van der Waals surface area contributed by atoms with Crippen LogP contribution in [0.25, 0.3) is 0 Å². The highest BCUT2D eigenvalue weighted by Gasteiger charge is 2.44. The molecule has 0 spiro atoms. The monoisotopic (exact) mass is 396 g/mol. The zero-order valence-electron chi connectivity index (χ0n) is 11.9. The lowest BCUT2D eigenvalue weighted by Gasteiger charge is -2.24. The average molecular weight is 396 g/mol. The second-order valence-electron chi connectivity index (χ2n) is 4.64. The minimum Gasteiger partial charge on any atom is -0.387 e. The SMILES string of the molecule is O=CNCC(N[C@@H]1O[C@H](COP(=O)(O)O)[C@@H](O)[C@H]1O)OP(=O)(O)O. The zero-order valence-corrected chi connectivity index (χ0v) is 13.7. The minimum atomic E-state index is -4.95. The van der Waals surface area contributed by atoms with E-state index in [9.17, 15) is 24.1 Å². The van der Waals surface area contributed by atoms with Gasteiger partial charge in [0.1, 0.15) is 30.8 Å². The molecule has 1 saturated heterocycles. The molecular formula is C8H18N2O12P2. The molecule has 0 radical (unpaired) electrons. The van der Waals surface area contributed by atoms with Gasteiger partial charge in [0.05, 0.1) is 13.2 Å². The van der Waals surface area contributed by atoms with Crippen LogP contribution in [0.5, 0.6) is 0 Å². The smallest absolute Gasteiger partial charge is 0.387 e. The molecular weight excluding hydrogens is 378 g/mol. The number of hydrogen-bond donors (Lipinski definition) is 8. The number of hydrogen-bond acceptors (Lipinski definition) is 9. The Balaban J connectivity index is 2.68. The Morgan fingerprint density at radius 3 is 2.25 bits per heavy atom. The van der Waals surface area contributed by atoms with Crippen LogP contribution in [0.15, 0.2) is 0 Å². The number of carbonyl (C=O) groups is 1. The molecule has 0 aromatic heterocycles. The van der Waals surface area contributed by atoms with Crippen LogP contribution in [-0.4, -0.2) is 80.1 Å². The molecule has 0 saturated carbocycles. The number of aliphatic hydroxyl groups is 2. The van der Waals surface area contributed by atoms with Gasteiger partial charge >= 0.3 is 15.6 Å². The third kappa shape index (κ3) is 7.61. The van der Waals surface area contributed by atoms with Gasteiger partial charge in [-0.1, -0.05) is 0 Å². The van der Waals surface area contributed by atoms with E-state index >= 15 is 0 Å². The van der Waals surface area contributed by atoms with E-state index in [4.69, 9.17) is 24.3 Å². The maximum atomic E-state index is 10.9. The summed E-state index contributed by atoms with van der Waals surface area (Å²) in [5.41, 5.74) is 0. The van der Waals surface area contributed by atoms with E-state index in [-0.39, 0.29) is 6.41 Å². The van der Waals surface area contributed by atoms with Crippen LogP contribution in [0.2, 0.25) is 0 Å². The Kier molecular flexibility index (Phi) is 7.87. The largest absolute Gasteiger partial charge is 0.471 e. The van der Waals surface area contributed by atoms with Gasteiger partial charge in [-0.3, -0.25) is 19.2 Å². The minimum absolute atomic E-state index is 0.231. The Morgan fingerprint density at radius 2 is 1.75 bits per heavy atom. The number of amides is 1. The average Bonchev–Trinajstić information content (AvgIpc) is 2.68. The quantitative estimate of drug-likeness (QED) is 0.101. The van der Waals surface area contributed by atoms with Gasteiger partial charge in [0.15, 0.2) is 0 Å². The third-order valence-corrected chi connectivity index (χ3v) is 3.79. The van der Waals surface area contributed by atoms with Gasteiger partial charge in [0.2, 0.25) is 6.41 Å². The summed E-state index contributed by atoms with van der Waals surface area (Å²) in [5, 5.41) is 23.9. The highest BCUT2D eigenvalue weighted by Crippen LogP contribution is 2.38. The molecule has 1 aliphatic rings. The second kappa shape index (κ2) is 8.76. The van der Waals surface area contributed by atoms with Crippen molar-refractivity contribution in [1.29, 1.82) is 0 Å². The summed E-state index contributed by atoms with van der Waals surface area (Å²) in [6.45, 7) is -1.17. The predicted molar refractivity (Wildman–Crippen MR) is 72.8 cm³/mol. The van der Waals surface area contributed by atoms with Gasteiger partial charge in [0.25, 0.3) is 0 Å². The van der Waals surface area contributed by atoms with Crippen molar-refractivity contribution in [2.75, 3.05) is 13.2 Å². The molecule has 0 aromatic carbocycles. The lowest BCUT2D eigenvalue weighted by Crippen LogP contribution is -2.50. The van der Waals surface area contributed by atoms with Crippen molar-refractivity contribution in [2.45, 2.75) is 30.8 Å². The summed E-state index contributed by atoms with van der Waals surface area (Å²) in [6, 6.07) is 0. The molecule has 5 atom stereocenters. The summed E-state index contributed by atoms with van der Waals surface area (Å²) in [4.78, 5) is 45.0. The van der Waals surface area contributed by atoms with E-state index in [1.807, 2.05) is 0 Å². The van der Waals surface area contributed by atoms with Gasteiger partial charge < -0.3 is 39.8 Å². The van der Waals surface area contributed by atoms with Gasteiger partial charge in [-0.25, -0.2) is 9.13 Å². The number of carbonyl (C=O) groups excluding carboxylic acids is 1. The summed E-state index contributed by atoms with van der Waals surface area (Å²) in [5.74, 6) is 0. The van der Waals surface area contributed by atoms with Crippen molar-refractivity contribution >= 4 is 22.1 Å². The molecule has 142 valence electrons. The number of phosphoric acid groups is 2. The topological polar surface area (TPSA) is 224 Å². The van der Waals surface area contributed by atoms with Crippen LogP contribution >= 0.6 is 15.6 Å². The molecule has 1 fully saturated rings. The Morgan fingerprint density at radius 1 is 1.12 bits per heavy atom. The predicted octanol–water partition coefficient (Wildman–Crippen LogP) is -3.69. The molecule has 8 N–H and O–H groups in total. The Bertz CT molecular complexity index is 507. The zero-order chi connectivity index (χ0) is 18.5. The molecule has 24 heavy (non-hydrogen) atoms. The first-order valence-electron chi connectivity index (χ1n) is 6.31. The van der Waals surface area contributed by atoms with Crippen LogP contribution in [0.1, 0.15) is 0 Å². The summed E-state index contributed by atoms with van der Waals surface area (Å²) in [7, 11) is -9.77. The molecule has 0 aliphatic carbocycles. The normalized spacial score (nSPS) is 29.4. The molecule has 0 aromatic rings. The molecule has 0 bridgehead atoms. The molecule has 1 unspecified atom stereocenters. The number of ether oxygens (including phenoxy) is 1. The van der Waals surface area contributed by atoms with Gasteiger partial charge in [-0.15, -0.1) is 0 Å². The molecule has 1 aliphatic heterocycles. The van der Waals surface area contributed by atoms with Crippen LogP contribution in [-0.2, 0) is 27.7 Å². The summed E-state index contributed by atoms with van der Waals surface area (Å²) < 4.78 is 35.1. The van der Waals surface area contributed by atoms with Crippen LogP contribution in [0.4, 0.5) is 0 Å². The number of aliphatic hydroxyl groups excluding tert-OH is 2. The van der Waals surface area contributed by atoms with E-state index in [1.54, 1.807) is 0 Å². The van der Waals surface area contributed by atoms with E-state index in [0.717, 1.165) is 0 Å². The summed E-state index contributed by atoms with van der Waals surface area (Å²) >= 11 is 0. The Labute approximate surface area is 135 Å². The first-order chi connectivity index (χ1) is 10.9. The molecule has 16 heteroatoms. The van der Waals surface area contributed by atoms with Gasteiger partial charge in [0, 0.05) is 0 Å². The molecule has 14 nitrogen and oxygen atoms in total. The fourth-order valence-electron chi connectivity index (χ4n) is 1.83. The number of phosphoric ester groups is 2. The third-order valence-electron chi connectivity index (χ3n) is 2.77. The van der Waals surface area contributed by atoms with E-state index in [0.29, 0.717) is 0 Å².